The van der Waals surface area contributed by atoms with E-state index in [4.69, 9.17) is 10.5 Å². The zero-order valence-electron chi connectivity index (χ0n) is 19.1. The number of rotatable bonds is 5. The lowest BCUT2D eigenvalue weighted by atomic mass is 9.77. The number of carbonyl (C=O) groups excluding carboxylic acids is 2. The van der Waals surface area contributed by atoms with Crippen LogP contribution < -0.4 is 20.7 Å². The van der Waals surface area contributed by atoms with Gasteiger partial charge in [0.05, 0.1) is 10.8 Å². The van der Waals surface area contributed by atoms with E-state index in [1.165, 1.54) is 4.90 Å². The normalized spacial score (nSPS) is 15.3. The Bertz CT molecular complexity index is 1150. The summed E-state index contributed by atoms with van der Waals surface area (Å²) in [7, 11) is 3.22. The zero-order valence-corrected chi connectivity index (χ0v) is 19.1. The van der Waals surface area contributed by atoms with E-state index in [0.717, 1.165) is 22.4 Å². The monoisotopic (exact) mass is 451 g/mol. The smallest absolute Gasteiger partial charge is 0.410 e. The van der Waals surface area contributed by atoms with E-state index in [2.05, 4.69) is 25.2 Å². The number of benzene rings is 1. The first-order valence-electron chi connectivity index (χ1n) is 10.9. The molecule has 1 aliphatic rings. The molecule has 174 valence electrons. The van der Waals surface area contributed by atoms with Crippen LogP contribution in [0.25, 0.3) is 11.0 Å². The number of anilines is 2. The van der Waals surface area contributed by atoms with Crippen molar-refractivity contribution in [2.45, 2.75) is 19.8 Å². The minimum Gasteiger partial charge on any atom is -0.410 e. The van der Waals surface area contributed by atoms with E-state index in [9.17, 15) is 9.59 Å². The van der Waals surface area contributed by atoms with Crippen molar-refractivity contribution in [3.63, 3.8) is 0 Å². The van der Waals surface area contributed by atoms with E-state index >= 15 is 0 Å². The number of carbonyl (C=O) groups is 2. The molecule has 4 N–H and O–H groups in total. The Morgan fingerprint density at radius 1 is 1.21 bits per heavy atom. The largest absolute Gasteiger partial charge is 0.414 e. The van der Waals surface area contributed by atoms with Crippen molar-refractivity contribution in [3.05, 3.63) is 42.4 Å². The van der Waals surface area contributed by atoms with E-state index in [1.807, 2.05) is 13.1 Å². The lowest BCUT2D eigenvalue weighted by Crippen LogP contribution is -2.50. The van der Waals surface area contributed by atoms with Crippen LogP contribution in [0, 0.1) is 12.3 Å². The fourth-order valence-electron chi connectivity index (χ4n) is 4.07. The predicted octanol–water partition coefficient (Wildman–Crippen LogP) is 2.51. The van der Waals surface area contributed by atoms with Gasteiger partial charge in [0.25, 0.3) is 0 Å². The highest BCUT2D eigenvalue weighted by Gasteiger charge is 2.41. The Balaban J connectivity index is 1.43. The molecule has 33 heavy (non-hydrogen) atoms. The molecule has 3 aromatic rings. The topological polar surface area (TPSA) is 129 Å². The number of ether oxygens (including phenoxy) is 1. The van der Waals surface area contributed by atoms with Crippen LogP contribution in [0.3, 0.4) is 0 Å². The molecule has 1 aromatic carbocycles. The molecule has 10 nitrogen and oxygen atoms in total. The Kier molecular flexibility index (Phi) is 6.19. The van der Waals surface area contributed by atoms with Crippen LogP contribution in [0.2, 0.25) is 0 Å². The molecule has 0 spiro atoms. The van der Waals surface area contributed by atoms with Crippen molar-refractivity contribution >= 4 is 34.5 Å². The molecule has 2 aromatic heterocycles. The molecule has 3 heterocycles. The fraction of sp³-hybridized carbons (Fsp3) is 0.391. The highest BCUT2D eigenvalue weighted by molar-refractivity contribution is 5.96. The van der Waals surface area contributed by atoms with E-state index in [0.29, 0.717) is 37.4 Å². The van der Waals surface area contributed by atoms with E-state index in [-0.39, 0.29) is 12.5 Å². The van der Waals surface area contributed by atoms with Crippen LogP contribution in [0.5, 0.6) is 5.75 Å². The van der Waals surface area contributed by atoms with Gasteiger partial charge in [0.15, 0.2) is 0 Å². The number of nitrogens with one attached hydrogen (secondary N) is 2. The summed E-state index contributed by atoms with van der Waals surface area (Å²) >= 11 is 0. The van der Waals surface area contributed by atoms with Gasteiger partial charge in [-0.2, -0.15) is 0 Å². The summed E-state index contributed by atoms with van der Waals surface area (Å²) in [6.45, 7) is 3.62. The lowest BCUT2D eigenvalue weighted by Gasteiger charge is -2.40. The second kappa shape index (κ2) is 9.07. The zero-order chi connectivity index (χ0) is 23.6. The SMILES string of the molecule is Cc1c[nH]c2ncnc(N3CCC(CN)(C(=O)Nc4ccc(OC(=O)N(C)C)cc4)CC3)c12. The highest BCUT2D eigenvalue weighted by Crippen LogP contribution is 2.36. The van der Waals surface area contributed by atoms with E-state index < -0.39 is 11.5 Å². The van der Waals surface area contributed by atoms with Crippen LogP contribution in [0.4, 0.5) is 16.3 Å². The lowest BCUT2D eigenvalue weighted by molar-refractivity contribution is -0.126. The minimum atomic E-state index is -0.661. The minimum absolute atomic E-state index is 0.103. The van der Waals surface area contributed by atoms with Crippen LogP contribution >= 0.6 is 0 Å². The third-order valence-electron chi connectivity index (χ3n) is 6.22. The van der Waals surface area contributed by atoms with Crippen molar-refractivity contribution < 1.29 is 14.3 Å². The van der Waals surface area contributed by atoms with Gasteiger partial charge in [-0.25, -0.2) is 14.8 Å². The van der Waals surface area contributed by atoms with Crippen molar-refractivity contribution in [2.75, 3.05) is 43.9 Å². The number of hydrogen-bond donors (Lipinski definition) is 3. The summed E-state index contributed by atoms with van der Waals surface area (Å²) in [5, 5.41) is 3.99. The second-order valence-electron chi connectivity index (χ2n) is 8.60. The van der Waals surface area contributed by atoms with Crippen molar-refractivity contribution in [1.82, 2.24) is 19.9 Å². The second-order valence-corrected chi connectivity index (χ2v) is 8.60. The van der Waals surface area contributed by atoms with Gasteiger partial charge in [-0.3, -0.25) is 4.79 Å². The molecule has 4 rings (SSSR count). The average molecular weight is 452 g/mol. The number of H-pyrrole nitrogens is 1. The molecule has 10 heteroatoms. The highest BCUT2D eigenvalue weighted by atomic mass is 16.6. The number of nitrogens with zero attached hydrogens (tertiary/aromatic N) is 4. The molecule has 0 saturated carbocycles. The maximum absolute atomic E-state index is 13.2. The number of hydrogen-bond acceptors (Lipinski definition) is 7. The van der Waals surface area contributed by atoms with Gasteiger partial charge in [-0.1, -0.05) is 0 Å². The Morgan fingerprint density at radius 3 is 2.55 bits per heavy atom. The third kappa shape index (κ3) is 4.47. The first-order valence-corrected chi connectivity index (χ1v) is 10.9. The summed E-state index contributed by atoms with van der Waals surface area (Å²) in [6, 6.07) is 6.71. The summed E-state index contributed by atoms with van der Waals surface area (Å²) in [5.41, 5.74) is 7.98. The van der Waals surface area contributed by atoms with Crippen molar-refractivity contribution in [2.24, 2.45) is 11.1 Å². The fourth-order valence-corrected chi connectivity index (χ4v) is 4.07. The number of piperidine rings is 1. The van der Waals surface area contributed by atoms with Gasteiger partial charge < -0.3 is 30.6 Å². The third-order valence-corrected chi connectivity index (χ3v) is 6.22. The first kappa shape index (κ1) is 22.5. The number of fused-ring (bicyclic) bond motifs is 1. The number of nitrogens with two attached hydrogens (primary N) is 1. The molecule has 2 amide bonds. The Morgan fingerprint density at radius 2 is 1.91 bits per heavy atom. The number of aromatic nitrogens is 3. The summed E-state index contributed by atoms with van der Waals surface area (Å²) in [6.07, 6.45) is 4.25. The van der Waals surface area contributed by atoms with Crippen LogP contribution in [-0.4, -0.2) is 65.6 Å². The molecule has 0 bridgehead atoms. The van der Waals surface area contributed by atoms with Gasteiger partial charge in [0.2, 0.25) is 5.91 Å². The molecule has 1 saturated heterocycles. The standard InChI is InChI=1S/C23H29N7O3/c1-15-12-25-19-18(15)20(27-14-26-19)30-10-8-23(13-24,9-11-30)21(31)28-16-4-6-17(7-5-16)33-22(32)29(2)3/h4-7,12,14H,8-11,13,24H2,1-3H3,(H,28,31)(H,25,26,27). The predicted molar refractivity (Wildman–Crippen MR) is 126 cm³/mol. The molecule has 1 aliphatic heterocycles. The van der Waals surface area contributed by atoms with Crippen LogP contribution in [0.1, 0.15) is 18.4 Å². The number of aromatic amines is 1. The average Bonchev–Trinajstić information content (AvgIpc) is 3.21. The quantitative estimate of drug-likeness (QED) is 0.543. The van der Waals surface area contributed by atoms with Gasteiger partial charge >= 0.3 is 6.09 Å². The van der Waals surface area contributed by atoms with Crippen molar-refractivity contribution in [3.8, 4) is 5.75 Å². The van der Waals surface area contributed by atoms with Gasteiger partial charge in [0.1, 0.15) is 23.5 Å². The summed E-state index contributed by atoms with van der Waals surface area (Å²) in [5.74, 6) is 1.19. The molecule has 0 aliphatic carbocycles. The number of amides is 2. The summed E-state index contributed by atoms with van der Waals surface area (Å²) in [4.78, 5) is 40.4. The summed E-state index contributed by atoms with van der Waals surface area (Å²) < 4.78 is 5.22. The maximum atomic E-state index is 13.2. The molecular formula is C23H29N7O3. The van der Waals surface area contributed by atoms with Gasteiger partial charge in [-0.05, 0) is 49.6 Å². The van der Waals surface area contributed by atoms with Crippen molar-refractivity contribution in [1.29, 1.82) is 0 Å². The number of aryl methyl sites for hydroxylation is 1. The molecule has 0 atom stereocenters. The Hall–Kier alpha value is -3.66. The maximum Gasteiger partial charge on any atom is 0.414 e. The molecule has 1 fully saturated rings. The molecule has 0 radical (unpaired) electrons. The van der Waals surface area contributed by atoms with E-state index in [1.54, 1.807) is 44.7 Å². The first-order chi connectivity index (χ1) is 15.8. The van der Waals surface area contributed by atoms with Crippen LogP contribution in [-0.2, 0) is 4.79 Å². The van der Waals surface area contributed by atoms with Gasteiger partial charge in [-0.15, -0.1) is 0 Å². The Labute approximate surface area is 192 Å². The van der Waals surface area contributed by atoms with Gasteiger partial charge in [0, 0.05) is 45.6 Å². The molecule has 0 unspecified atom stereocenters. The van der Waals surface area contributed by atoms with Crippen LogP contribution in [0.15, 0.2) is 36.8 Å². The molecular weight excluding hydrogens is 422 g/mol.